The van der Waals surface area contributed by atoms with E-state index in [1.165, 1.54) is 4.31 Å². The SMILES string of the molecule is O=C(Cc1ccsc1)Nc1cc(S(=O)(=O)N2CCOCC2)ccc1N1CCCC1. The Morgan fingerprint density at radius 1 is 1.10 bits per heavy atom. The van der Waals surface area contributed by atoms with E-state index < -0.39 is 10.0 Å². The molecule has 9 heteroatoms. The van der Waals surface area contributed by atoms with Crippen molar-refractivity contribution in [2.75, 3.05) is 49.6 Å². The number of morpholine rings is 1. The van der Waals surface area contributed by atoms with Crippen LogP contribution in [0.2, 0.25) is 0 Å². The minimum Gasteiger partial charge on any atom is -0.379 e. The molecule has 1 aromatic heterocycles. The van der Waals surface area contributed by atoms with Gasteiger partial charge < -0.3 is 15.0 Å². The quantitative estimate of drug-likeness (QED) is 0.754. The van der Waals surface area contributed by atoms with Gasteiger partial charge in [-0.05, 0) is 53.4 Å². The molecule has 0 atom stereocenters. The van der Waals surface area contributed by atoms with E-state index in [4.69, 9.17) is 4.74 Å². The number of sulfonamides is 1. The summed E-state index contributed by atoms with van der Waals surface area (Å²) in [5.74, 6) is -0.148. The molecule has 0 radical (unpaired) electrons. The number of hydrogen-bond acceptors (Lipinski definition) is 6. The molecule has 2 aliphatic rings. The number of rotatable bonds is 6. The van der Waals surface area contributed by atoms with Crippen LogP contribution < -0.4 is 10.2 Å². The summed E-state index contributed by atoms with van der Waals surface area (Å²) >= 11 is 1.55. The molecule has 1 amide bonds. The molecule has 156 valence electrons. The Morgan fingerprint density at radius 2 is 1.86 bits per heavy atom. The topological polar surface area (TPSA) is 79.0 Å². The highest BCUT2D eigenvalue weighted by Crippen LogP contribution is 2.32. The maximum Gasteiger partial charge on any atom is 0.243 e. The van der Waals surface area contributed by atoms with Gasteiger partial charge in [-0.1, -0.05) is 0 Å². The second kappa shape index (κ2) is 8.83. The van der Waals surface area contributed by atoms with Crippen molar-refractivity contribution < 1.29 is 17.9 Å². The lowest BCUT2D eigenvalue weighted by Crippen LogP contribution is -2.40. The van der Waals surface area contributed by atoms with E-state index in [1.807, 2.05) is 22.9 Å². The molecule has 0 unspecified atom stereocenters. The summed E-state index contributed by atoms with van der Waals surface area (Å²) in [6, 6.07) is 6.99. The van der Waals surface area contributed by atoms with Crippen LogP contribution in [-0.2, 0) is 26.0 Å². The lowest BCUT2D eigenvalue weighted by molar-refractivity contribution is -0.115. The first-order valence-electron chi connectivity index (χ1n) is 9.82. The zero-order valence-corrected chi connectivity index (χ0v) is 17.8. The van der Waals surface area contributed by atoms with Crippen LogP contribution in [0.5, 0.6) is 0 Å². The van der Waals surface area contributed by atoms with Crippen LogP contribution in [0.3, 0.4) is 0 Å². The standard InChI is InChI=1S/C20H25N3O4S2/c24-20(13-16-5-12-28-15-16)21-18-14-17(3-4-19(18)22-6-1-2-7-22)29(25,26)23-8-10-27-11-9-23/h3-5,12,14-15H,1-2,6-11,13H2,(H,21,24). The second-order valence-corrected chi connectivity index (χ2v) is 9.96. The van der Waals surface area contributed by atoms with E-state index in [-0.39, 0.29) is 17.2 Å². The van der Waals surface area contributed by atoms with E-state index in [0.717, 1.165) is 37.2 Å². The molecule has 2 saturated heterocycles. The summed E-state index contributed by atoms with van der Waals surface area (Å²) in [5.41, 5.74) is 2.39. The maximum atomic E-state index is 13.1. The summed E-state index contributed by atoms with van der Waals surface area (Å²) in [7, 11) is -3.63. The number of thiophene rings is 1. The first-order valence-corrected chi connectivity index (χ1v) is 12.2. The number of anilines is 2. The Bertz CT molecular complexity index is 948. The van der Waals surface area contributed by atoms with Gasteiger partial charge in [0, 0.05) is 26.2 Å². The van der Waals surface area contributed by atoms with E-state index in [0.29, 0.717) is 32.0 Å². The van der Waals surface area contributed by atoms with Crippen molar-refractivity contribution in [3.63, 3.8) is 0 Å². The number of hydrogen-bond donors (Lipinski definition) is 1. The first-order chi connectivity index (χ1) is 14.0. The van der Waals surface area contributed by atoms with Crippen molar-refractivity contribution in [3.05, 3.63) is 40.6 Å². The van der Waals surface area contributed by atoms with Crippen molar-refractivity contribution >= 4 is 38.6 Å². The fourth-order valence-electron chi connectivity index (χ4n) is 3.72. The Hall–Kier alpha value is -1.94. The van der Waals surface area contributed by atoms with E-state index in [9.17, 15) is 13.2 Å². The zero-order chi connectivity index (χ0) is 20.3. The highest BCUT2D eigenvalue weighted by molar-refractivity contribution is 7.89. The van der Waals surface area contributed by atoms with Gasteiger partial charge in [0.1, 0.15) is 0 Å². The molecule has 1 aromatic carbocycles. The molecule has 4 rings (SSSR count). The molecule has 3 heterocycles. The molecule has 0 aliphatic carbocycles. The Balaban J connectivity index is 1.62. The predicted molar refractivity (Wildman–Crippen MR) is 114 cm³/mol. The van der Waals surface area contributed by atoms with Gasteiger partial charge in [-0.25, -0.2) is 8.42 Å². The number of benzene rings is 1. The molecule has 29 heavy (non-hydrogen) atoms. The van der Waals surface area contributed by atoms with Gasteiger partial charge in [0.25, 0.3) is 0 Å². The Morgan fingerprint density at radius 3 is 2.55 bits per heavy atom. The van der Waals surface area contributed by atoms with Crippen molar-refractivity contribution in [2.24, 2.45) is 0 Å². The average Bonchev–Trinajstić information content (AvgIpc) is 3.43. The minimum atomic E-state index is -3.63. The van der Waals surface area contributed by atoms with Gasteiger partial charge >= 0.3 is 0 Å². The number of amides is 1. The molecule has 0 saturated carbocycles. The summed E-state index contributed by atoms with van der Waals surface area (Å²) < 4.78 is 32.8. The molecule has 0 spiro atoms. The fraction of sp³-hybridized carbons (Fsp3) is 0.450. The van der Waals surface area contributed by atoms with Gasteiger partial charge in [-0.3, -0.25) is 4.79 Å². The largest absolute Gasteiger partial charge is 0.379 e. The van der Waals surface area contributed by atoms with Crippen LogP contribution in [0, 0.1) is 0 Å². The van der Waals surface area contributed by atoms with Crippen molar-refractivity contribution in [1.29, 1.82) is 0 Å². The number of carbonyl (C=O) groups is 1. The molecule has 1 N–H and O–H groups in total. The van der Waals surface area contributed by atoms with Gasteiger partial charge in [0.2, 0.25) is 15.9 Å². The number of ether oxygens (including phenoxy) is 1. The highest BCUT2D eigenvalue weighted by Gasteiger charge is 2.28. The maximum absolute atomic E-state index is 13.1. The van der Waals surface area contributed by atoms with Crippen molar-refractivity contribution in [1.82, 2.24) is 4.31 Å². The smallest absolute Gasteiger partial charge is 0.243 e. The first kappa shape index (κ1) is 20.3. The Labute approximate surface area is 175 Å². The monoisotopic (exact) mass is 435 g/mol. The normalized spacial score (nSPS) is 18.1. The molecular formula is C20H25N3O4S2. The van der Waals surface area contributed by atoms with E-state index >= 15 is 0 Å². The molecule has 2 aromatic rings. The minimum absolute atomic E-state index is 0.148. The van der Waals surface area contributed by atoms with Crippen LogP contribution in [0.1, 0.15) is 18.4 Å². The molecule has 0 bridgehead atoms. The van der Waals surface area contributed by atoms with E-state index in [1.54, 1.807) is 23.5 Å². The summed E-state index contributed by atoms with van der Waals surface area (Å²) in [5, 5.41) is 6.84. The van der Waals surface area contributed by atoms with Gasteiger partial charge in [0.05, 0.1) is 35.9 Å². The highest BCUT2D eigenvalue weighted by atomic mass is 32.2. The molecule has 2 aliphatic heterocycles. The van der Waals surface area contributed by atoms with Crippen LogP contribution in [-0.4, -0.2) is 58.0 Å². The lowest BCUT2D eigenvalue weighted by atomic mass is 10.2. The molecule has 7 nitrogen and oxygen atoms in total. The summed E-state index contributed by atoms with van der Waals surface area (Å²) in [6.45, 7) is 3.29. The average molecular weight is 436 g/mol. The number of nitrogens with zero attached hydrogens (tertiary/aromatic N) is 2. The predicted octanol–water partition coefficient (Wildman–Crippen LogP) is 2.55. The van der Waals surface area contributed by atoms with Gasteiger partial charge in [0.15, 0.2) is 0 Å². The van der Waals surface area contributed by atoms with Crippen molar-refractivity contribution in [3.8, 4) is 0 Å². The molecule has 2 fully saturated rings. The van der Waals surface area contributed by atoms with E-state index in [2.05, 4.69) is 10.2 Å². The fourth-order valence-corrected chi connectivity index (χ4v) is 5.82. The Kier molecular flexibility index (Phi) is 6.19. The van der Waals surface area contributed by atoms with Crippen LogP contribution in [0.15, 0.2) is 39.9 Å². The third-order valence-electron chi connectivity index (χ3n) is 5.24. The molecular weight excluding hydrogens is 410 g/mol. The van der Waals surface area contributed by atoms with Gasteiger partial charge in [-0.2, -0.15) is 15.6 Å². The summed E-state index contributed by atoms with van der Waals surface area (Å²) in [6.07, 6.45) is 2.45. The third kappa shape index (κ3) is 4.63. The van der Waals surface area contributed by atoms with Crippen LogP contribution >= 0.6 is 11.3 Å². The van der Waals surface area contributed by atoms with Crippen LogP contribution in [0.4, 0.5) is 11.4 Å². The van der Waals surface area contributed by atoms with Crippen molar-refractivity contribution in [2.45, 2.75) is 24.2 Å². The number of carbonyl (C=O) groups excluding carboxylic acids is 1. The second-order valence-electron chi connectivity index (χ2n) is 7.25. The zero-order valence-electron chi connectivity index (χ0n) is 16.2. The van der Waals surface area contributed by atoms with Crippen LogP contribution in [0.25, 0.3) is 0 Å². The van der Waals surface area contributed by atoms with Gasteiger partial charge in [-0.15, -0.1) is 0 Å². The summed E-state index contributed by atoms with van der Waals surface area (Å²) in [4.78, 5) is 15.0. The lowest BCUT2D eigenvalue weighted by Gasteiger charge is -2.27. The third-order valence-corrected chi connectivity index (χ3v) is 7.87. The number of nitrogens with one attached hydrogen (secondary N) is 1.